The van der Waals surface area contributed by atoms with E-state index in [2.05, 4.69) is 25.4 Å². The zero-order valence-corrected chi connectivity index (χ0v) is 16.6. The highest BCUT2D eigenvalue weighted by Gasteiger charge is 2.17. The second-order valence-corrected chi connectivity index (χ2v) is 7.88. The van der Waals surface area contributed by atoms with Gasteiger partial charge < -0.3 is 14.6 Å². The highest BCUT2D eigenvalue weighted by molar-refractivity contribution is 5.95. The van der Waals surface area contributed by atoms with Crippen molar-refractivity contribution in [1.82, 2.24) is 20.1 Å². The number of nitrogens with one attached hydrogen (secondary N) is 2. The molecule has 1 aromatic heterocycles. The van der Waals surface area contributed by atoms with Crippen molar-refractivity contribution in [2.45, 2.75) is 65.1 Å². The maximum Gasteiger partial charge on any atom is 0.412 e. The minimum Gasteiger partial charge on any atom is -0.444 e. The molecule has 0 fully saturated rings. The molecule has 8 nitrogen and oxygen atoms in total. The lowest BCUT2D eigenvalue weighted by molar-refractivity contribution is 0.0635. The fourth-order valence-electron chi connectivity index (χ4n) is 3.06. The van der Waals surface area contributed by atoms with Crippen LogP contribution in [0, 0.1) is 0 Å². The number of carbonyl (C=O) groups excluding carboxylic acids is 2. The van der Waals surface area contributed by atoms with Crippen LogP contribution in [0.1, 0.15) is 62.0 Å². The van der Waals surface area contributed by atoms with E-state index in [4.69, 9.17) is 4.74 Å². The third-order valence-electron chi connectivity index (χ3n) is 4.39. The summed E-state index contributed by atoms with van der Waals surface area (Å²) in [6.07, 6.45) is 3.84. The molecule has 0 bridgehead atoms. The number of anilines is 1. The number of hydrogen-bond acceptors (Lipinski definition) is 5. The Morgan fingerprint density at radius 2 is 1.86 bits per heavy atom. The van der Waals surface area contributed by atoms with Crippen LogP contribution in [0.2, 0.25) is 0 Å². The van der Waals surface area contributed by atoms with Crippen molar-refractivity contribution in [1.29, 1.82) is 0 Å². The van der Waals surface area contributed by atoms with E-state index in [0.717, 1.165) is 37.5 Å². The number of amides is 2. The van der Waals surface area contributed by atoms with Crippen LogP contribution >= 0.6 is 0 Å². The zero-order valence-electron chi connectivity index (χ0n) is 16.6. The number of ether oxygens (including phenoxy) is 1. The molecule has 0 unspecified atom stereocenters. The second kappa shape index (κ2) is 8.41. The van der Waals surface area contributed by atoms with Gasteiger partial charge in [-0.2, -0.15) is 0 Å². The van der Waals surface area contributed by atoms with Gasteiger partial charge in [0.2, 0.25) is 0 Å². The molecule has 0 radical (unpaired) electrons. The van der Waals surface area contributed by atoms with E-state index < -0.39 is 11.7 Å². The van der Waals surface area contributed by atoms with E-state index in [0.29, 0.717) is 17.8 Å². The summed E-state index contributed by atoms with van der Waals surface area (Å²) in [5.74, 6) is 1.59. The van der Waals surface area contributed by atoms with Gasteiger partial charge in [-0.15, -0.1) is 10.2 Å². The van der Waals surface area contributed by atoms with Gasteiger partial charge in [-0.1, -0.05) is 6.42 Å². The number of carbonyl (C=O) groups is 2. The molecule has 0 saturated carbocycles. The lowest BCUT2D eigenvalue weighted by Gasteiger charge is -2.19. The summed E-state index contributed by atoms with van der Waals surface area (Å²) < 4.78 is 7.32. The van der Waals surface area contributed by atoms with Crippen LogP contribution in [-0.2, 0) is 24.2 Å². The number of fused-ring (bicyclic) bond motifs is 1. The van der Waals surface area contributed by atoms with Gasteiger partial charge in [-0.25, -0.2) is 4.79 Å². The van der Waals surface area contributed by atoms with Crippen LogP contribution in [0.3, 0.4) is 0 Å². The maximum atomic E-state index is 12.4. The van der Waals surface area contributed by atoms with E-state index >= 15 is 0 Å². The summed E-state index contributed by atoms with van der Waals surface area (Å²) in [4.78, 5) is 24.2. The largest absolute Gasteiger partial charge is 0.444 e. The summed E-state index contributed by atoms with van der Waals surface area (Å²) in [5, 5.41) is 14.0. The van der Waals surface area contributed by atoms with Gasteiger partial charge in [-0.3, -0.25) is 10.1 Å². The smallest absolute Gasteiger partial charge is 0.412 e. The molecular formula is C20H27N5O3. The Labute approximate surface area is 164 Å². The predicted octanol–water partition coefficient (Wildman–Crippen LogP) is 3.28. The van der Waals surface area contributed by atoms with E-state index in [1.165, 1.54) is 6.42 Å². The number of hydrogen-bond donors (Lipinski definition) is 2. The first kappa shape index (κ1) is 19.9. The Bertz CT molecular complexity index is 837. The van der Waals surface area contributed by atoms with Gasteiger partial charge in [0.1, 0.15) is 11.4 Å². The SMILES string of the molecule is CC(C)(C)OC(=O)Nc1ccc(C(=O)NCc2nnc3n2CCCCC3)cc1. The third kappa shape index (κ3) is 5.31. The van der Waals surface area contributed by atoms with Gasteiger partial charge in [0.15, 0.2) is 5.82 Å². The Hall–Kier alpha value is -2.90. The zero-order chi connectivity index (χ0) is 20.1. The Balaban J connectivity index is 1.55. The molecule has 1 aliphatic rings. The fourth-order valence-corrected chi connectivity index (χ4v) is 3.06. The van der Waals surface area contributed by atoms with Crippen molar-refractivity contribution in [3.05, 3.63) is 41.5 Å². The summed E-state index contributed by atoms with van der Waals surface area (Å²) in [6.45, 7) is 6.64. The molecule has 0 atom stereocenters. The first-order valence-electron chi connectivity index (χ1n) is 9.61. The minimum atomic E-state index is -0.566. The molecule has 0 spiro atoms. The molecule has 2 heterocycles. The van der Waals surface area contributed by atoms with Crippen molar-refractivity contribution in [2.75, 3.05) is 5.32 Å². The predicted molar refractivity (Wildman–Crippen MR) is 105 cm³/mol. The number of aromatic nitrogens is 3. The molecule has 2 N–H and O–H groups in total. The van der Waals surface area contributed by atoms with Crippen LogP contribution in [0.4, 0.5) is 10.5 Å². The highest BCUT2D eigenvalue weighted by atomic mass is 16.6. The summed E-state index contributed by atoms with van der Waals surface area (Å²) in [6, 6.07) is 6.66. The van der Waals surface area contributed by atoms with Gasteiger partial charge in [0, 0.05) is 24.2 Å². The van der Waals surface area contributed by atoms with Crippen molar-refractivity contribution < 1.29 is 14.3 Å². The fraction of sp³-hybridized carbons (Fsp3) is 0.500. The van der Waals surface area contributed by atoms with Crippen LogP contribution in [0.25, 0.3) is 0 Å². The molecule has 3 rings (SSSR count). The van der Waals surface area contributed by atoms with Gasteiger partial charge in [0.25, 0.3) is 5.91 Å². The first-order chi connectivity index (χ1) is 13.3. The number of benzene rings is 1. The van der Waals surface area contributed by atoms with Crippen LogP contribution in [-0.4, -0.2) is 32.4 Å². The van der Waals surface area contributed by atoms with E-state index in [9.17, 15) is 9.59 Å². The number of rotatable bonds is 4. The highest BCUT2D eigenvalue weighted by Crippen LogP contribution is 2.15. The Morgan fingerprint density at radius 1 is 1.11 bits per heavy atom. The van der Waals surface area contributed by atoms with Crippen LogP contribution in [0.15, 0.2) is 24.3 Å². The average Bonchev–Trinajstić information content (AvgIpc) is 2.85. The lowest BCUT2D eigenvalue weighted by atomic mass is 10.2. The normalized spacial score (nSPS) is 14.0. The molecule has 28 heavy (non-hydrogen) atoms. The Morgan fingerprint density at radius 3 is 2.57 bits per heavy atom. The minimum absolute atomic E-state index is 0.199. The molecule has 8 heteroatoms. The molecule has 150 valence electrons. The lowest BCUT2D eigenvalue weighted by Crippen LogP contribution is -2.27. The van der Waals surface area contributed by atoms with Gasteiger partial charge >= 0.3 is 6.09 Å². The van der Waals surface area contributed by atoms with Crippen molar-refractivity contribution >= 4 is 17.7 Å². The van der Waals surface area contributed by atoms with Crippen LogP contribution < -0.4 is 10.6 Å². The summed E-state index contributed by atoms with van der Waals surface area (Å²) >= 11 is 0. The summed E-state index contributed by atoms with van der Waals surface area (Å²) in [7, 11) is 0. The topological polar surface area (TPSA) is 98.1 Å². The average molecular weight is 385 g/mol. The van der Waals surface area contributed by atoms with E-state index in [1.807, 2.05) is 0 Å². The van der Waals surface area contributed by atoms with Gasteiger partial charge in [0.05, 0.1) is 6.54 Å². The van der Waals surface area contributed by atoms with Gasteiger partial charge in [-0.05, 0) is 57.9 Å². The van der Waals surface area contributed by atoms with E-state index in [-0.39, 0.29) is 5.91 Å². The molecule has 2 amide bonds. The second-order valence-electron chi connectivity index (χ2n) is 7.88. The van der Waals surface area contributed by atoms with Crippen LogP contribution in [0.5, 0.6) is 0 Å². The van der Waals surface area contributed by atoms with E-state index in [1.54, 1.807) is 45.0 Å². The monoisotopic (exact) mass is 385 g/mol. The number of nitrogens with zero attached hydrogens (tertiary/aromatic N) is 3. The molecular weight excluding hydrogens is 358 g/mol. The van der Waals surface area contributed by atoms with Crippen molar-refractivity contribution in [3.8, 4) is 0 Å². The Kier molecular flexibility index (Phi) is 5.96. The quantitative estimate of drug-likeness (QED) is 0.842. The molecule has 0 saturated heterocycles. The first-order valence-corrected chi connectivity index (χ1v) is 9.61. The van der Waals surface area contributed by atoms with Crippen molar-refractivity contribution in [2.24, 2.45) is 0 Å². The molecule has 2 aromatic rings. The van der Waals surface area contributed by atoms with Crippen molar-refractivity contribution in [3.63, 3.8) is 0 Å². The maximum absolute atomic E-state index is 12.4. The summed E-state index contributed by atoms with van der Waals surface area (Å²) in [5.41, 5.74) is 0.503. The third-order valence-corrected chi connectivity index (χ3v) is 4.39. The standard InChI is InChI=1S/C20H27N5O3/c1-20(2,3)28-19(27)22-15-10-8-14(9-11-15)18(26)21-13-17-24-23-16-7-5-4-6-12-25(16)17/h8-11H,4-7,12-13H2,1-3H3,(H,21,26)(H,22,27). The molecule has 1 aliphatic heterocycles. The molecule has 0 aliphatic carbocycles. The molecule has 1 aromatic carbocycles. The number of aryl methyl sites for hydroxylation is 1.